The zero-order valence-electron chi connectivity index (χ0n) is 14.4. The lowest BCUT2D eigenvalue weighted by Crippen LogP contribution is -2.27. The summed E-state index contributed by atoms with van der Waals surface area (Å²) < 4.78 is 11.2. The monoisotopic (exact) mass is 347 g/mol. The lowest BCUT2D eigenvalue weighted by atomic mass is 9.76. The Morgan fingerprint density at radius 1 is 1.21 bits per heavy atom. The Hall–Kier alpha value is -1.49. The molecule has 0 radical (unpaired) electrons. The molecule has 0 bridgehead atoms. The minimum absolute atomic E-state index is 0.0181. The van der Waals surface area contributed by atoms with Crippen LogP contribution in [0.15, 0.2) is 29.3 Å². The zero-order chi connectivity index (χ0) is 17.0. The topological polar surface area (TPSA) is 47.9 Å². The Morgan fingerprint density at radius 2 is 1.92 bits per heavy atom. The van der Waals surface area contributed by atoms with E-state index in [9.17, 15) is 4.79 Å². The van der Waals surface area contributed by atoms with Gasteiger partial charge >= 0.3 is 5.24 Å². The number of hydrogen-bond donors (Lipinski definition) is 0. The predicted molar refractivity (Wildman–Crippen MR) is 98.1 cm³/mol. The molecule has 0 saturated heterocycles. The average molecular weight is 347 g/mol. The zero-order valence-corrected chi connectivity index (χ0v) is 15.2. The number of thioether (sulfide) groups is 1. The SMILES string of the molecule is COC1=NC(=O)SC1Cc1ccc(OCC2(C)CCCCC2)cc1. The lowest BCUT2D eigenvalue weighted by Gasteiger charge is -2.33. The van der Waals surface area contributed by atoms with Crippen LogP contribution in [0.4, 0.5) is 4.79 Å². The largest absolute Gasteiger partial charge is 0.493 e. The van der Waals surface area contributed by atoms with Crippen LogP contribution in [0.2, 0.25) is 0 Å². The fraction of sp³-hybridized carbons (Fsp3) is 0.579. The van der Waals surface area contributed by atoms with E-state index in [4.69, 9.17) is 9.47 Å². The van der Waals surface area contributed by atoms with Gasteiger partial charge in [0, 0.05) is 5.41 Å². The first-order chi connectivity index (χ1) is 11.6. The maximum atomic E-state index is 11.4. The number of hydrogen-bond acceptors (Lipinski definition) is 4. The molecule has 1 heterocycles. The summed E-state index contributed by atoms with van der Waals surface area (Å²) in [7, 11) is 1.56. The maximum Gasteiger partial charge on any atom is 0.308 e. The Balaban J connectivity index is 1.54. The number of carbonyl (C=O) groups excluding carboxylic acids is 1. The molecule has 130 valence electrons. The summed E-state index contributed by atoms with van der Waals surface area (Å²) in [5.74, 6) is 1.44. The molecule has 1 fully saturated rings. The van der Waals surface area contributed by atoms with Crippen molar-refractivity contribution in [1.82, 2.24) is 0 Å². The van der Waals surface area contributed by atoms with Crippen LogP contribution in [0.25, 0.3) is 0 Å². The number of methoxy groups -OCH3 is 1. The van der Waals surface area contributed by atoms with Crippen molar-refractivity contribution in [2.24, 2.45) is 10.4 Å². The van der Waals surface area contributed by atoms with Gasteiger partial charge in [-0.15, -0.1) is 0 Å². The number of amides is 1. The molecule has 2 aliphatic rings. The van der Waals surface area contributed by atoms with Crippen LogP contribution in [0.5, 0.6) is 5.75 Å². The van der Waals surface area contributed by atoms with E-state index in [1.54, 1.807) is 7.11 Å². The first kappa shape index (κ1) is 17.3. The van der Waals surface area contributed by atoms with Gasteiger partial charge in [-0.25, -0.2) is 0 Å². The van der Waals surface area contributed by atoms with Crippen LogP contribution in [0.3, 0.4) is 0 Å². The van der Waals surface area contributed by atoms with Crippen LogP contribution < -0.4 is 4.74 Å². The molecule has 5 heteroatoms. The van der Waals surface area contributed by atoms with Crippen molar-refractivity contribution >= 4 is 22.9 Å². The Kier molecular flexibility index (Phi) is 5.49. The highest BCUT2D eigenvalue weighted by molar-refractivity contribution is 8.15. The van der Waals surface area contributed by atoms with Gasteiger partial charge in [0.1, 0.15) is 5.75 Å². The fourth-order valence-corrected chi connectivity index (χ4v) is 4.32. The van der Waals surface area contributed by atoms with Crippen molar-refractivity contribution in [2.45, 2.75) is 50.7 Å². The van der Waals surface area contributed by atoms with E-state index in [-0.39, 0.29) is 10.5 Å². The molecule has 1 atom stereocenters. The van der Waals surface area contributed by atoms with Crippen LogP contribution in [0.1, 0.15) is 44.6 Å². The predicted octanol–water partition coefficient (Wildman–Crippen LogP) is 4.86. The number of benzene rings is 1. The number of rotatable bonds is 5. The van der Waals surface area contributed by atoms with Crippen molar-refractivity contribution in [3.63, 3.8) is 0 Å². The highest BCUT2D eigenvalue weighted by atomic mass is 32.2. The summed E-state index contributed by atoms with van der Waals surface area (Å²) in [6, 6.07) is 8.17. The third kappa shape index (κ3) is 4.32. The van der Waals surface area contributed by atoms with Gasteiger partial charge in [-0.2, -0.15) is 4.99 Å². The van der Waals surface area contributed by atoms with Crippen molar-refractivity contribution in [1.29, 1.82) is 0 Å². The second-order valence-electron chi connectivity index (χ2n) is 7.03. The molecule has 24 heavy (non-hydrogen) atoms. The molecule has 1 aliphatic heterocycles. The van der Waals surface area contributed by atoms with Crippen LogP contribution in [-0.2, 0) is 11.2 Å². The summed E-state index contributed by atoms with van der Waals surface area (Å²) in [6.45, 7) is 3.13. The van der Waals surface area contributed by atoms with Crippen LogP contribution in [-0.4, -0.2) is 30.1 Å². The van der Waals surface area contributed by atoms with E-state index in [1.807, 2.05) is 12.1 Å². The van der Waals surface area contributed by atoms with Gasteiger partial charge in [0.2, 0.25) is 5.90 Å². The standard InChI is InChI=1S/C19H25NO3S/c1-19(10-4-3-5-11-19)13-23-15-8-6-14(7-9-15)12-16-17(22-2)20-18(21)24-16/h6-9,16H,3-5,10-13H2,1-2H3. The van der Waals surface area contributed by atoms with Gasteiger partial charge in [0.25, 0.3) is 0 Å². The molecule has 1 aromatic carbocycles. The molecule has 0 aromatic heterocycles. The molecule has 3 rings (SSSR count). The second kappa shape index (κ2) is 7.60. The van der Waals surface area contributed by atoms with Gasteiger partial charge in [-0.05, 0) is 48.7 Å². The Morgan fingerprint density at radius 3 is 2.58 bits per heavy atom. The molecule has 1 aromatic rings. The first-order valence-electron chi connectivity index (χ1n) is 8.63. The minimum atomic E-state index is -0.169. The fourth-order valence-electron chi connectivity index (χ4n) is 3.41. The molecule has 1 amide bonds. The van der Waals surface area contributed by atoms with Gasteiger partial charge < -0.3 is 9.47 Å². The smallest absolute Gasteiger partial charge is 0.308 e. The molecule has 1 unspecified atom stereocenters. The normalized spacial score (nSPS) is 23.0. The number of carbonyl (C=O) groups is 1. The molecular weight excluding hydrogens is 322 g/mol. The van der Waals surface area contributed by atoms with E-state index in [0.29, 0.717) is 11.3 Å². The Labute approximate surface area is 148 Å². The maximum absolute atomic E-state index is 11.4. The van der Waals surface area contributed by atoms with E-state index in [2.05, 4.69) is 24.0 Å². The molecular formula is C19H25NO3S. The summed E-state index contributed by atoms with van der Waals surface area (Å²) in [5, 5.41) is -0.187. The van der Waals surface area contributed by atoms with Crippen molar-refractivity contribution in [2.75, 3.05) is 13.7 Å². The quantitative estimate of drug-likeness (QED) is 0.763. The van der Waals surface area contributed by atoms with E-state index < -0.39 is 0 Å². The minimum Gasteiger partial charge on any atom is -0.493 e. The summed E-state index contributed by atoms with van der Waals surface area (Å²) >= 11 is 1.23. The van der Waals surface area contributed by atoms with Crippen molar-refractivity contribution in [3.05, 3.63) is 29.8 Å². The lowest BCUT2D eigenvalue weighted by molar-refractivity contribution is 0.116. The molecule has 1 aliphatic carbocycles. The second-order valence-corrected chi connectivity index (χ2v) is 8.19. The molecule has 4 nitrogen and oxygen atoms in total. The first-order valence-corrected chi connectivity index (χ1v) is 9.51. The van der Waals surface area contributed by atoms with Gasteiger partial charge in [-0.3, -0.25) is 4.79 Å². The van der Waals surface area contributed by atoms with Crippen LogP contribution >= 0.6 is 11.8 Å². The molecule has 0 spiro atoms. The highest BCUT2D eigenvalue weighted by Gasteiger charge is 2.29. The molecule has 1 saturated carbocycles. The van der Waals surface area contributed by atoms with Gasteiger partial charge in [-0.1, -0.05) is 38.3 Å². The van der Waals surface area contributed by atoms with Crippen molar-refractivity contribution in [3.8, 4) is 5.75 Å². The summed E-state index contributed by atoms with van der Waals surface area (Å²) in [4.78, 5) is 15.3. The van der Waals surface area contributed by atoms with Gasteiger partial charge in [0.05, 0.1) is 19.0 Å². The van der Waals surface area contributed by atoms with E-state index >= 15 is 0 Å². The molecule has 0 N–H and O–H groups in total. The highest BCUT2D eigenvalue weighted by Crippen LogP contribution is 2.36. The number of aliphatic imine (C=N–C) groups is 1. The van der Waals surface area contributed by atoms with E-state index in [1.165, 1.54) is 43.9 Å². The van der Waals surface area contributed by atoms with Crippen molar-refractivity contribution < 1.29 is 14.3 Å². The number of nitrogens with zero attached hydrogens (tertiary/aromatic N) is 1. The van der Waals surface area contributed by atoms with E-state index in [0.717, 1.165) is 24.3 Å². The van der Waals surface area contributed by atoms with Crippen LogP contribution in [0, 0.1) is 5.41 Å². The third-order valence-corrected chi connectivity index (χ3v) is 5.87. The van der Waals surface area contributed by atoms with Gasteiger partial charge in [0.15, 0.2) is 0 Å². The Bertz CT molecular complexity index is 606. The summed E-state index contributed by atoms with van der Waals surface area (Å²) in [6.07, 6.45) is 7.26. The third-order valence-electron chi connectivity index (χ3n) is 4.92. The number of ether oxygens (including phenoxy) is 2. The average Bonchev–Trinajstić information content (AvgIpc) is 2.94. The summed E-state index contributed by atoms with van der Waals surface area (Å²) in [5.41, 5.74) is 1.48.